The number of hydrogen-bond donors (Lipinski definition) is 1. The van der Waals surface area contributed by atoms with Crippen molar-refractivity contribution in [2.24, 2.45) is 0 Å². The minimum absolute atomic E-state index is 0.199. The third-order valence-corrected chi connectivity index (χ3v) is 4.69. The van der Waals surface area contributed by atoms with Crippen LogP contribution in [-0.4, -0.2) is 27.5 Å². The molecule has 1 N–H and O–H groups in total. The molecule has 0 aliphatic carbocycles. The zero-order valence-electron chi connectivity index (χ0n) is 11.3. The summed E-state index contributed by atoms with van der Waals surface area (Å²) in [5.41, 5.74) is 2.29. The molecule has 19 heavy (non-hydrogen) atoms. The van der Waals surface area contributed by atoms with Gasteiger partial charge in [-0.1, -0.05) is 0 Å². The van der Waals surface area contributed by atoms with Gasteiger partial charge < -0.3 is 5.32 Å². The highest BCUT2D eigenvalue weighted by Crippen LogP contribution is 2.24. The van der Waals surface area contributed by atoms with Crippen molar-refractivity contribution in [3.05, 3.63) is 33.1 Å². The van der Waals surface area contributed by atoms with Gasteiger partial charge in [0.25, 0.3) is 5.69 Å². The molecule has 6 heteroatoms. The zero-order valence-corrected chi connectivity index (χ0v) is 12.1. The molecule has 5 nitrogen and oxygen atoms in total. The van der Waals surface area contributed by atoms with E-state index in [1.807, 2.05) is 11.8 Å². The Morgan fingerprint density at radius 1 is 1.58 bits per heavy atom. The highest BCUT2D eigenvalue weighted by atomic mass is 32.2. The lowest BCUT2D eigenvalue weighted by Gasteiger charge is -2.22. The van der Waals surface area contributed by atoms with Crippen LogP contribution < -0.4 is 5.32 Å². The maximum Gasteiger partial charge on any atom is 0.278 e. The fourth-order valence-electron chi connectivity index (χ4n) is 2.37. The van der Waals surface area contributed by atoms with Crippen molar-refractivity contribution < 1.29 is 4.92 Å². The largest absolute Gasteiger partial charge is 0.308 e. The summed E-state index contributed by atoms with van der Waals surface area (Å²) in [6, 6.07) is 0.500. The van der Waals surface area contributed by atoms with Gasteiger partial charge in [0.1, 0.15) is 0 Å². The van der Waals surface area contributed by atoms with E-state index in [0.717, 1.165) is 11.4 Å². The molecule has 1 aromatic rings. The molecule has 0 amide bonds. The van der Waals surface area contributed by atoms with Crippen LogP contribution in [0.2, 0.25) is 0 Å². The van der Waals surface area contributed by atoms with Gasteiger partial charge in [-0.3, -0.25) is 15.1 Å². The molecule has 1 aliphatic heterocycles. The van der Waals surface area contributed by atoms with Crippen LogP contribution in [0.1, 0.15) is 29.7 Å². The summed E-state index contributed by atoms with van der Waals surface area (Å²) < 4.78 is 0. The van der Waals surface area contributed by atoms with Crippen molar-refractivity contribution in [3.8, 4) is 0 Å². The summed E-state index contributed by atoms with van der Waals surface area (Å²) in [5.74, 6) is 2.36. The molecule has 1 aromatic heterocycles. The van der Waals surface area contributed by atoms with E-state index >= 15 is 0 Å². The van der Waals surface area contributed by atoms with Crippen molar-refractivity contribution in [1.29, 1.82) is 0 Å². The molecule has 0 spiro atoms. The average Bonchev–Trinajstić information content (AvgIpc) is 2.38. The number of nitrogens with one attached hydrogen (secondary N) is 1. The number of thioether (sulfide) groups is 1. The SMILES string of the molecule is Cc1cnc(CNC2CCCSC2)c(C)c1[N+](=O)[O-]. The van der Waals surface area contributed by atoms with E-state index in [9.17, 15) is 10.1 Å². The summed E-state index contributed by atoms with van der Waals surface area (Å²) >= 11 is 1.96. The molecule has 1 saturated heterocycles. The van der Waals surface area contributed by atoms with Crippen LogP contribution in [0.4, 0.5) is 5.69 Å². The Morgan fingerprint density at radius 3 is 3.00 bits per heavy atom. The molecule has 1 unspecified atom stereocenters. The van der Waals surface area contributed by atoms with Crippen LogP contribution in [0, 0.1) is 24.0 Å². The number of nitrogens with zero attached hydrogens (tertiary/aromatic N) is 2. The van der Waals surface area contributed by atoms with Gasteiger partial charge >= 0.3 is 0 Å². The van der Waals surface area contributed by atoms with E-state index in [4.69, 9.17) is 0 Å². The molecule has 1 atom stereocenters. The molecule has 1 aliphatic rings. The predicted octanol–water partition coefficient (Wildman–Crippen LogP) is 2.59. The Bertz CT molecular complexity index is 473. The van der Waals surface area contributed by atoms with Gasteiger partial charge in [0.05, 0.1) is 10.6 Å². The third kappa shape index (κ3) is 3.45. The highest BCUT2D eigenvalue weighted by molar-refractivity contribution is 7.99. The molecule has 0 radical (unpaired) electrons. The maximum absolute atomic E-state index is 11.1. The standard InChI is InChI=1S/C13H19N3O2S/c1-9-6-15-12(10(2)13(9)16(17)18)7-14-11-4-3-5-19-8-11/h6,11,14H,3-5,7-8H2,1-2H3. The fraction of sp³-hybridized carbons (Fsp3) is 0.615. The Morgan fingerprint density at radius 2 is 2.37 bits per heavy atom. The predicted molar refractivity (Wildman–Crippen MR) is 77.6 cm³/mol. The lowest BCUT2D eigenvalue weighted by molar-refractivity contribution is -0.386. The van der Waals surface area contributed by atoms with Gasteiger partial charge in [-0.25, -0.2) is 0 Å². The molecule has 104 valence electrons. The molecule has 0 bridgehead atoms. The van der Waals surface area contributed by atoms with E-state index in [1.165, 1.54) is 18.6 Å². The summed E-state index contributed by atoms with van der Waals surface area (Å²) in [7, 11) is 0. The molecule has 1 fully saturated rings. The Hall–Kier alpha value is -1.14. The first-order chi connectivity index (χ1) is 9.09. The van der Waals surface area contributed by atoms with E-state index < -0.39 is 0 Å². The van der Waals surface area contributed by atoms with Gasteiger partial charge in [-0.2, -0.15) is 11.8 Å². The summed E-state index contributed by atoms with van der Waals surface area (Å²) in [6.45, 7) is 4.12. The Kier molecular flexibility index (Phi) is 4.76. The second kappa shape index (κ2) is 6.34. The number of nitro groups is 1. The molecular weight excluding hydrogens is 262 g/mol. The Labute approximate surface area is 117 Å². The lowest BCUT2D eigenvalue weighted by atomic mass is 10.1. The number of pyridine rings is 1. The van der Waals surface area contributed by atoms with Gasteiger partial charge in [0.15, 0.2) is 0 Å². The van der Waals surface area contributed by atoms with Crippen LogP contribution >= 0.6 is 11.8 Å². The third-order valence-electron chi connectivity index (χ3n) is 3.48. The van der Waals surface area contributed by atoms with Gasteiger partial charge in [0, 0.05) is 35.7 Å². The summed E-state index contributed by atoms with van der Waals surface area (Å²) in [6.07, 6.45) is 4.01. The Balaban J connectivity index is 2.08. The minimum Gasteiger partial charge on any atom is -0.308 e. The second-order valence-corrected chi connectivity index (χ2v) is 6.06. The highest BCUT2D eigenvalue weighted by Gasteiger charge is 2.19. The van der Waals surface area contributed by atoms with E-state index in [1.54, 1.807) is 20.0 Å². The molecule has 0 saturated carbocycles. The smallest absolute Gasteiger partial charge is 0.278 e. The normalized spacial score (nSPS) is 19.4. The minimum atomic E-state index is -0.313. The average molecular weight is 281 g/mol. The van der Waals surface area contributed by atoms with Crippen LogP contribution in [0.25, 0.3) is 0 Å². The van der Waals surface area contributed by atoms with Crippen molar-refractivity contribution in [3.63, 3.8) is 0 Å². The lowest BCUT2D eigenvalue weighted by Crippen LogP contribution is -2.33. The van der Waals surface area contributed by atoms with E-state index in [2.05, 4.69) is 10.3 Å². The zero-order chi connectivity index (χ0) is 13.8. The second-order valence-electron chi connectivity index (χ2n) is 4.91. The topological polar surface area (TPSA) is 68.1 Å². The van der Waals surface area contributed by atoms with Gasteiger partial charge in [-0.15, -0.1) is 0 Å². The number of rotatable bonds is 4. The van der Waals surface area contributed by atoms with Crippen LogP contribution in [-0.2, 0) is 6.54 Å². The van der Waals surface area contributed by atoms with Crippen LogP contribution in [0.5, 0.6) is 0 Å². The molecular formula is C13H19N3O2S. The van der Waals surface area contributed by atoms with Crippen LogP contribution in [0.3, 0.4) is 0 Å². The van der Waals surface area contributed by atoms with Crippen LogP contribution in [0.15, 0.2) is 6.20 Å². The van der Waals surface area contributed by atoms with Crippen molar-refractivity contribution in [2.45, 2.75) is 39.3 Å². The maximum atomic E-state index is 11.1. The van der Waals surface area contributed by atoms with Crippen molar-refractivity contribution >= 4 is 17.4 Å². The van der Waals surface area contributed by atoms with Crippen molar-refractivity contribution in [2.75, 3.05) is 11.5 Å². The number of aryl methyl sites for hydroxylation is 1. The quantitative estimate of drug-likeness (QED) is 0.678. The monoisotopic (exact) mass is 281 g/mol. The number of hydrogen-bond acceptors (Lipinski definition) is 5. The first kappa shape index (κ1) is 14.3. The van der Waals surface area contributed by atoms with Gasteiger partial charge in [0.2, 0.25) is 0 Å². The molecule has 2 heterocycles. The summed E-state index contributed by atoms with van der Waals surface area (Å²) in [5, 5.41) is 14.5. The summed E-state index contributed by atoms with van der Waals surface area (Å²) in [4.78, 5) is 15.1. The fourth-order valence-corrected chi connectivity index (χ4v) is 3.47. The van der Waals surface area contributed by atoms with E-state index in [0.29, 0.717) is 23.7 Å². The first-order valence-corrected chi connectivity index (χ1v) is 7.65. The van der Waals surface area contributed by atoms with E-state index in [-0.39, 0.29) is 10.6 Å². The molecule has 2 rings (SSSR count). The molecule has 0 aromatic carbocycles. The van der Waals surface area contributed by atoms with Gasteiger partial charge in [-0.05, 0) is 32.4 Å². The van der Waals surface area contributed by atoms with Crippen molar-refractivity contribution in [1.82, 2.24) is 10.3 Å². The number of aromatic nitrogens is 1. The first-order valence-electron chi connectivity index (χ1n) is 6.50.